The molecule has 0 saturated carbocycles. The number of hydrogen-bond donors (Lipinski definition) is 3. The van der Waals surface area contributed by atoms with Gasteiger partial charge in [0.15, 0.2) is 17.9 Å². The van der Waals surface area contributed by atoms with E-state index in [4.69, 9.17) is 14.6 Å². The van der Waals surface area contributed by atoms with E-state index in [0.717, 1.165) is 6.07 Å². The summed E-state index contributed by atoms with van der Waals surface area (Å²) in [5.74, 6) is -2.87. The van der Waals surface area contributed by atoms with Gasteiger partial charge in [0, 0.05) is 11.1 Å². The Morgan fingerprint density at radius 2 is 1.75 bits per heavy atom. The summed E-state index contributed by atoms with van der Waals surface area (Å²) in [5.41, 5.74) is 2.15. The molecule has 2 heterocycles. The van der Waals surface area contributed by atoms with Crippen LogP contribution in [0.15, 0.2) is 72.8 Å². The van der Waals surface area contributed by atoms with Gasteiger partial charge in [0.2, 0.25) is 0 Å². The summed E-state index contributed by atoms with van der Waals surface area (Å²) in [6.07, 6.45) is -2.76. The van der Waals surface area contributed by atoms with Crippen molar-refractivity contribution < 1.29 is 33.7 Å². The van der Waals surface area contributed by atoms with Crippen LogP contribution in [-0.2, 0) is 9.47 Å². The number of nitrogens with one attached hydrogen (secondary N) is 1. The predicted octanol–water partition coefficient (Wildman–Crippen LogP) is 3.32. The fourth-order valence-corrected chi connectivity index (χ4v) is 4.23. The predicted molar refractivity (Wildman–Crippen MR) is 127 cm³/mol. The Bertz CT molecular complexity index is 1390. The third kappa shape index (κ3) is 4.69. The Balaban J connectivity index is 1.50. The number of H-pyrrole nitrogens is 1. The number of carbonyl (C=O) groups is 2. The number of carbonyl (C=O) groups excluding carboxylic acids is 2. The number of aliphatic hydroxyl groups is 2. The molecule has 184 valence electrons. The van der Waals surface area contributed by atoms with Crippen molar-refractivity contribution in [2.24, 2.45) is 0 Å². The minimum Gasteiger partial charge on any atom is -0.393 e. The molecular formula is C27H23FN2O6. The van der Waals surface area contributed by atoms with E-state index in [0.29, 0.717) is 16.6 Å². The molecule has 0 radical (unpaired) electrons. The van der Waals surface area contributed by atoms with Crippen molar-refractivity contribution in [3.8, 4) is 0 Å². The molecule has 3 aromatic carbocycles. The monoisotopic (exact) mass is 490 g/mol. The number of benzene rings is 3. The van der Waals surface area contributed by atoms with Crippen LogP contribution in [0.4, 0.5) is 4.39 Å². The SMILES string of the molecule is O=C(c1cccc(F)c1)C(C(=O)c1cccc(C2COC(C(O)CO)O2)c1)c1nc2ccccc2[nH]1. The summed E-state index contributed by atoms with van der Waals surface area (Å²) < 4.78 is 25.0. The average molecular weight is 490 g/mol. The second-order valence-corrected chi connectivity index (χ2v) is 8.51. The van der Waals surface area contributed by atoms with E-state index in [-0.39, 0.29) is 23.6 Å². The van der Waals surface area contributed by atoms with Gasteiger partial charge < -0.3 is 24.7 Å². The highest BCUT2D eigenvalue weighted by Crippen LogP contribution is 2.31. The van der Waals surface area contributed by atoms with Crippen LogP contribution >= 0.6 is 0 Å². The maximum absolute atomic E-state index is 13.9. The van der Waals surface area contributed by atoms with Crippen LogP contribution in [0, 0.1) is 5.82 Å². The number of aliphatic hydroxyl groups excluding tert-OH is 2. The minimum atomic E-state index is -1.33. The fraction of sp³-hybridized carbons (Fsp3) is 0.222. The molecule has 1 aliphatic rings. The van der Waals surface area contributed by atoms with E-state index in [9.17, 15) is 19.1 Å². The lowest BCUT2D eigenvalue weighted by Gasteiger charge is -2.17. The van der Waals surface area contributed by atoms with Gasteiger partial charge in [-0.05, 0) is 35.9 Å². The molecule has 4 aromatic rings. The molecule has 1 aliphatic heterocycles. The second kappa shape index (κ2) is 10.1. The topological polar surface area (TPSA) is 122 Å². The summed E-state index contributed by atoms with van der Waals surface area (Å²) in [6.45, 7) is -0.397. The van der Waals surface area contributed by atoms with E-state index in [1.807, 2.05) is 6.07 Å². The number of ether oxygens (including phenoxy) is 2. The molecule has 36 heavy (non-hydrogen) atoms. The molecule has 9 heteroatoms. The van der Waals surface area contributed by atoms with Gasteiger partial charge in [0.05, 0.1) is 24.2 Å². The summed E-state index contributed by atoms with van der Waals surface area (Å²) in [5, 5.41) is 18.9. The van der Waals surface area contributed by atoms with E-state index in [1.165, 1.54) is 18.2 Å². The number of halogens is 1. The molecule has 0 bridgehead atoms. The lowest BCUT2D eigenvalue weighted by atomic mass is 9.88. The quantitative estimate of drug-likeness (QED) is 0.256. The molecule has 0 spiro atoms. The van der Waals surface area contributed by atoms with Gasteiger partial charge in [-0.25, -0.2) is 9.37 Å². The van der Waals surface area contributed by atoms with Crippen LogP contribution in [0.5, 0.6) is 0 Å². The highest BCUT2D eigenvalue weighted by Gasteiger charge is 2.35. The molecule has 5 rings (SSSR count). The minimum absolute atomic E-state index is 0.0540. The van der Waals surface area contributed by atoms with Crippen LogP contribution in [0.25, 0.3) is 11.0 Å². The van der Waals surface area contributed by atoms with Crippen LogP contribution < -0.4 is 0 Å². The average Bonchev–Trinajstić information content (AvgIpc) is 3.56. The van der Waals surface area contributed by atoms with Crippen molar-refractivity contribution in [3.63, 3.8) is 0 Å². The number of ketones is 2. The molecule has 8 nitrogen and oxygen atoms in total. The molecule has 3 N–H and O–H groups in total. The van der Waals surface area contributed by atoms with Gasteiger partial charge in [0.25, 0.3) is 0 Å². The maximum Gasteiger partial charge on any atom is 0.186 e. The largest absolute Gasteiger partial charge is 0.393 e. The van der Waals surface area contributed by atoms with Crippen LogP contribution in [0.2, 0.25) is 0 Å². The van der Waals surface area contributed by atoms with E-state index >= 15 is 0 Å². The summed E-state index contributed by atoms with van der Waals surface area (Å²) in [6, 6.07) is 18.9. The number of aromatic nitrogens is 2. The molecule has 4 atom stereocenters. The first-order chi connectivity index (χ1) is 17.4. The number of fused-ring (bicyclic) bond motifs is 1. The molecular weight excluding hydrogens is 467 g/mol. The normalized spacial score (nSPS) is 19.3. The number of nitrogens with zero attached hydrogens (tertiary/aromatic N) is 1. The fourth-order valence-electron chi connectivity index (χ4n) is 4.23. The van der Waals surface area contributed by atoms with Gasteiger partial charge in [0.1, 0.15) is 29.8 Å². The molecule has 1 aromatic heterocycles. The van der Waals surface area contributed by atoms with Crippen LogP contribution in [0.1, 0.15) is 44.1 Å². The van der Waals surface area contributed by atoms with Crippen LogP contribution in [-0.4, -0.2) is 57.4 Å². The van der Waals surface area contributed by atoms with Gasteiger partial charge in [-0.2, -0.15) is 0 Å². The highest BCUT2D eigenvalue weighted by atomic mass is 19.1. The maximum atomic E-state index is 13.9. The van der Waals surface area contributed by atoms with Gasteiger partial charge >= 0.3 is 0 Å². The molecule has 1 fully saturated rings. The summed E-state index contributed by atoms with van der Waals surface area (Å²) >= 11 is 0. The number of hydrogen-bond acceptors (Lipinski definition) is 7. The lowest BCUT2D eigenvalue weighted by Crippen LogP contribution is -2.30. The van der Waals surface area contributed by atoms with E-state index < -0.39 is 48.4 Å². The van der Waals surface area contributed by atoms with Crippen molar-refractivity contribution in [1.29, 1.82) is 0 Å². The zero-order valence-corrected chi connectivity index (χ0v) is 19.0. The lowest BCUT2D eigenvalue weighted by molar-refractivity contribution is -0.142. The van der Waals surface area contributed by atoms with Crippen molar-refractivity contribution in [1.82, 2.24) is 9.97 Å². The van der Waals surface area contributed by atoms with Crippen molar-refractivity contribution in [2.45, 2.75) is 24.4 Å². The van der Waals surface area contributed by atoms with E-state index in [2.05, 4.69) is 9.97 Å². The zero-order chi connectivity index (χ0) is 25.2. The molecule has 0 amide bonds. The van der Waals surface area contributed by atoms with Crippen LogP contribution in [0.3, 0.4) is 0 Å². The van der Waals surface area contributed by atoms with Gasteiger partial charge in [-0.3, -0.25) is 9.59 Å². The molecule has 4 unspecified atom stereocenters. The zero-order valence-electron chi connectivity index (χ0n) is 19.0. The summed E-state index contributed by atoms with van der Waals surface area (Å²) in [7, 11) is 0. The Hall–Kier alpha value is -3.76. The standard InChI is InChI=1S/C27H23FN2O6/c28-18-8-4-7-17(12-18)25(34)23(26-29-19-9-1-2-10-20(19)30-26)24(33)16-6-3-5-15(11-16)22-14-35-27(36-22)21(32)13-31/h1-12,21-23,27,31-32H,13-14H2,(H,29,30). The molecule has 1 saturated heterocycles. The van der Waals surface area contributed by atoms with Gasteiger partial charge in [-0.1, -0.05) is 42.5 Å². The van der Waals surface area contributed by atoms with Crippen molar-refractivity contribution in [2.75, 3.05) is 13.2 Å². The summed E-state index contributed by atoms with van der Waals surface area (Å²) in [4.78, 5) is 34.9. The molecule has 0 aliphatic carbocycles. The Kier molecular flexibility index (Phi) is 6.71. The number of Topliss-reactive ketones (excluding diaryl/α,β-unsaturated/α-hetero) is 2. The third-order valence-electron chi connectivity index (χ3n) is 6.07. The number of imidazole rings is 1. The van der Waals surface area contributed by atoms with Crippen molar-refractivity contribution >= 4 is 22.6 Å². The Morgan fingerprint density at radius 3 is 2.47 bits per heavy atom. The Morgan fingerprint density at radius 1 is 1.03 bits per heavy atom. The van der Waals surface area contributed by atoms with Gasteiger partial charge in [-0.15, -0.1) is 0 Å². The van der Waals surface area contributed by atoms with E-state index in [1.54, 1.807) is 42.5 Å². The number of rotatable bonds is 8. The highest BCUT2D eigenvalue weighted by molar-refractivity contribution is 6.19. The first-order valence-corrected chi connectivity index (χ1v) is 11.4. The Labute approximate surface area is 205 Å². The van der Waals surface area contributed by atoms with Crippen molar-refractivity contribution in [3.05, 3.63) is 101 Å². The first kappa shape index (κ1) is 24.0. The number of para-hydroxylation sites is 2. The number of aromatic amines is 1. The third-order valence-corrected chi connectivity index (χ3v) is 6.07. The second-order valence-electron chi connectivity index (χ2n) is 8.51. The first-order valence-electron chi connectivity index (χ1n) is 11.4. The smallest absolute Gasteiger partial charge is 0.186 e.